The van der Waals surface area contributed by atoms with Gasteiger partial charge in [-0.15, -0.1) is 10.2 Å². The van der Waals surface area contributed by atoms with Crippen LogP contribution < -0.4 is 15.5 Å². The van der Waals surface area contributed by atoms with Crippen molar-refractivity contribution in [3.8, 4) is 0 Å². The van der Waals surface area contributed by atoms with Gasteiger partial charge in [0.15, 0.2) is 11.6 Å². The fourth-order valence-corrected chi connectivity index (χ4v) is 5.36. The zero-order valence-electron chi connectivity index (χ0n) is 21.3. The van der Waals surface area contributed by atoms with Gasteiger partial charge in [-0.3, -0.25) is 9.89 Å². The quantitative estimate of drug-likeness (QED) is 0.304. The van der Waals surface area contributed by atoms with Crippen LogP contribution in [0.15, 0.2) is 24.4 Å². The molecule has 1 saturated carbocycles. The van der Waals surface area contributed by atoms with Crippen molar-refractivity contribution in [3.63, 3.8) is 0 Å². The molecular formula is C25H27FN12O. The van der Waals surface area contributed by atoms with Crippen LogP contribution in [0.1, 0.15) is 60.4 Å². The average molecular weight is 531 g/mol. The largest absolute Gasteiger partial charge is 0.326 e. The minimum Gasteiger partial charge on any atom is -0.326 e. The number of aryl methyl sites for hydroxylation is 2. The van der Waals surface area contributed by atoms with E-state index in [4.69, 9.17) is 9.97 Å². The molecule has 200 valence electrons. The normalized spacial score (nSPS) is 20.3. The molecule has 2 aliphatic carbocycles. The van der Waals surface area contributed by atoms with E-state index in [-0.39, 0.29) is 11.9 Å². The predicted molar refractivity (Wildman–Crippen MR) is 138 cm³/mol. The van der Waals surface area contributed by atoms with Crippen molar-refractivity contribution in [2.75, 3.05) is 22.1 Å². The zero-order valence-corrected chi connectivity index (χ0v) is 21.3. The molecule has 0 spiro atoms. The molecule has 5 heterocycles. The molecule has 13 nitrogen and oxygen atoms in total. The van der Waals surface area contributed by atoms with E-state index in [0.717, 1.165) is 42.0 Å². The predicted octanol–water partition coefficient (Wildman–Crippen LogP) is 2.60. The molecule has 0 unspecified atom stereocenters. The summed E-state index contributed by atoms with van der Waals surface area (Å²) in [7, 11) is 0. The third-order valence-electron chi connectivity index (χ3n) is 7.47. The lowest BCUT2D eigenvalue weighted by molar-refractivity contribution is -0.117. The fourth-order valence-electron chi connectivity index (χ4n) is 5.36. The number of hydrogen-bond donors (Lipinski definition) is 3. The van der Waals surface area contributed by atoms with Crippen molar-refractivity contribution in [1.29, 1.82) is 0 Å². The lowest BCUT2D eigenvalue weighted by Gasteiger charge is -2.25. The molecule has 1 amide bonds. The lowest BCUT2D eigenvalue weighted by atomic mass is 10.1. The first kappa shape index (κ1) is 23.6. The molecule has 0 aromatic carbocycles. The van der Waals surface area contributed by atoms with Crippen LogP contribution in [0.3, 0.4) is 0 Å². The summed E-state index contributed by atoms with van der Waals surface area (Å²) in [5.74, 6) is 2.10. The molecule has 39 heavy (non-hydrogen) atoms. The Morgan fingerprint density at radius 3 is 2.87 bits per heavy atom. The van der Waals surface area contributed by atoms with Crippen LogP contribution in [0.4, 0.5) is 27.7 Å². The van der Waals surface area contributed by atoms with E-state index in [1.807, 2.05) is 11.0 Å². The number of aromatic amines is 1. The maximum absolute atomic E-state index is 13.5. The Labute approximate surface area is 222 Å². The number of halogens is 1. The van der Waals surface area contributed by atoms with Gasteiger partial charge in [0.05, 0.1) is 23.6 Å². The van der Waals surface area contributed by atoms with E-state index >= 15 is 0 Å². The van der Waals surface area contributed by atoms with Crippen molar-refractivity contribution in [2.24, 2.45) is 0 Å². The molecule has 1 aliphatic heterocycles. The summed E-state index contributed by atoms with van der Waals surface area (Å²) in [6.45, 7) is 2.19. The van der Waals surface area contributed by atoms with E-state index in [1.54, 1.807) is 11.7 Å². The number of hydrogen-bond acceptors (Lipinski definition) is 10. The highest BCUT2D eigenvalue weighted by Crippen LogP contribution is 2.40. The van der Waals surface area contributed by atoms with Gasteiger partial charge in [0.2, 0.25) is 17.8 Å². The van der Waals surface area contributed by atoms with Crippen LogP contribution in [-0.2, 0) is 17.6 Å². The Balaban J connectivity index is 1.21. The van der Waals surface area contributed by atoms with Crippen LogP contribution in [0, 0.1) is 12.9 Å². The van der Waals surface area contributed by atoms with E-state index in [9.17, 15) is 9.18 Å². The number of carbonyl (C=O) groups excluding carboxylic acids is 1. The highest BCUT2D eigenvalue weighted by Gasteiger charge is 2.41. The third-order valence-corrected chi connectivity index (χ3v) is 7.47. The summed E-state index contributed by atoms with van der Waals surface area (Å²) in [5, 5.41) is 26.4. The van der Waals surface area contributed by atoms with Crippen molar-refractivity contribution < 1.29 is 9.18 Å². The lowest BCUT2D eigenvalue weighted by Crippen LogP contribution is -2.40. The van der Waals surface area contributed by atoms with Gasteiger partial charge >= 0.3 is 0 Å². The summed E-state index contributed by atoms with van der Waals surface area (Å²) < 4.78 is 13.3. The number of anilines is 4. The Kier molecular flexibility index (Phi) is 5.67. The second-order valence-electron chi connectivity index (χ2n) is 10.3. The second kappa shape index (κ2) is 9.36. The summed E-state index contributed by atoms with van der Waals surface area (Å²) in [5.41, 5.74) is 3.59. The molecule has 0 radical (unpaired) electrons. The molecule has 4 aromatic rings. The van der Waals surface area contributed by atoms with Crippen molar-refractivity contribution in [2.45, 2.75) is 63.5 Å². The summed E-state index contributed by atoms with van der Waals surface area (Å²) in [6, 6.07) is 3.89. The molecule has 7 rings (SSSR count). The number of fused-ring (bicyclic) bond motifs is 1. The molecule has 1 saturated heterocycles. The van der Waals surface area contributed by atoms with Crippen molar-refractivity contribution in [1.82, 2.24) is 45.4 Å². The number of aromatic nitrogens is 9. The van der Waals surface area contributed by atoms with E-state index in [2.05, 4.69) is 41.2 Å². The van der Waals surface area contributed by atoms with Gasteiger partial charge in [0.1, 0.15) is 11.9 Å². The minimum atomic E-state index is -0.620. The molecule has 3 aliphatic rings. The van der Waals surface area contributed by atoms with Gasteiger partial charge in [0.25, 0.3) is 0 Å². The SMILES string of the molecule is Cc1nnn([C@H]2C[C@@H](C(=O)Nc3ccc(F)nc3)N(c3nc4c(c(Nc5cc(C6CC6)[nH]n5)n3)CCC4)C2)n1. The zero-order chi connectivity index (χ0) is 26.5. The number of tetrazole rings is 1. The van der Waals surface area contributed by atoms with Gasteiger partial charge in [0, 0.05) is 36.2 Å². The van der Waals surface area contributed by atoms with Crippen LogP contribution in [0.25, 0.3) is 0 Å². The van der Waals surface area contributed by atoms with Crippen LogP contribution in [0.5, 0.6) is 0 Å². The molecule has 2 fully saturated rings. The Hall–Kier alpha value is -4.49. The smallest absolute Gasteiger partial charge is 0.247 e. The van der Waals surface area contributed by atoms with Crippen molar-refractivity contribution >= 4 is 29.2 Å². The van der Waals surface area contributed by atoms with E-state index in [1.165, 1.54) is 31.2 Å². The van der Waals surface area contributed by atoms with Gasteiger partial charge in [-0.1, -0.05) is 0 Å². The van der Waals surface area contributed by atoms with Crippen LogP contribution in [-0.4, -0.2) is 63.9 Å². The third kappa shape index (κ3) is 4.66. The number of H-pyrrole nitrogens is 1. The first-order valence-corrected chi connectivity index (χ1v) is 13.2. The van der Waals surface area contributed by atoms with Crippen LogP contribution in [0.2, 0.25) is 0 Å². The number of rotatable bonds is 7. The molecule has 2 atom stereocenters. The number of pyridine rings is 1. The standard InChI is InChI=1S/C25H27FN12O/c1-13-32-36-38(35-13)16-9-20(24(39)28-15-7-8-21(26)27-11-15)37(12-16)25-29-18-4-2-3-17(18)23(31-25)30-22-10-19(33-34-22)14-5-6-14/h7-8,10-11,14,16,20H,2-6,9,12H2,1H3,(H,28,39)(H2,29,30,31,33,34)/t16-,20-/m0/s1. The number of amides is 1. The average Bonchev–Trinajstić information content (AvgIpc) is 3.33. The molecular weight excluding hydrogens is 503 g/mol. The summed E-state index contributed by atoms with van der Waals surface area (Å²) in [6.07, 6.45) is 6.79. The number of nitrogens with zero attached hydrogens (tertiary/aromatic N) is 9. The van der Waals surface area contributed by atoms with Gasteiger partial charge < -0.3 is 15.5 Å². The summed E-state index contributed by atoms with van der Waals surface area (Å²) >= 11 is 0. The second-order valence-corrected chi connectivity index (χ2v) is 10.3. The van der Waals surface area contributed by atoms with Gasteiger partial charge in [-0.25, -0.2) is 9.97 Å². The maximum atomic E-state index is 13.5. The minimum absolute atomic E-state index is 0.214. The number of nitrogens with one attached hydrogen (secondary N) is 3. The number of carbonyl (C=O) groups is 1. The van der Waals surface area contributed by atoms with Crippen molar-refractivity contribution in [3.05, 3.63) is 53.1 Å². The van der Waals surface area contributed by atoms with Crippen LogP contribution >= 0.6 is 0 Å². The molecule has 14 heteroatoms. The fraction of sp³-hybridized carbons (Fsp3) is 0.440. The topological polar surface area (TPSA) is 155 Å². The highest BCUT2D eigenvalue weighted by molar-refractivity contribution is 5.97. The Morgan fingerprint density at radius 1 is 1.21 bits per heavy atom. The first-order valence-electron chi connectivity index (χ1n) is 13.2. The van der Waals surface area contributed by atoms with Gasteiger partial charge in [-0.05, 0) is 56.4 Å². The molecule has 0 bridgehead atoms. The summed E-state index contributed by atoms with van der Waals surface area (Å²) in [4.78, 5) is 30.4. The maximum Gasteiger partial charge on any atom is 0.247 e. The van der Waals surface area contributed by atoms with Gasteiger partial charge in [-0.2, -0.15) is 19.3 Å². The molecule has 4 aromatic heterocycles. The first-order chi connectivity index (χ1) is 19.0. The highest BCUT2D eigenvalue weighted by atomic mass is 19.1. The van der Waals surface area contributed by atoms with E-state index in [0.29, 0.717) is 42.2 Å². The Bertz CT molecular complexity index is 1530. The molecule has 3 N–H and O–H groups in total. The Morgan fingerprint density at radius 2 is 2.10 bits per heavy atom. The monoisotopic (exact) mass is 530 g/mol. The van der Waals surface area contributed by atoms with E-state index < -0.39 is 12.0 Å².